The molecule has 4 aliphatic rings. The molecule has 0 aromatic heterocycles. The molecule has 20 heavy (non-hydrogen) atoms. The van der Waals surface area contributed by atoms with Gasteiger partial charge in [-0.3, -0.25) is 14.5 Å². The Hall–Kier alpha value is -1.68. The number of benzene rings is 1. The highest BCUT2D eigenvalue weighted by Gasteiger charge is 2.45. The van der Waals surface area contributed by atoms with Crippen LogP contribution in [0.5, 0.6) is 0 Å². The number of hydrogen-bond acceptors (Lipinski definition) is 3. The number of imide groups is 1. The molecule has 1 saturated carbocycles. The van der Waals surface area contributed by atoms with Crippen molar-refractivity contribution < 1.29 is 9.59 Å². The van der Waals surface area contributed by atoms with Crippen LogP contribution in [0.2, 0.25) is 0 Å². The first-order valence-corrected chi connectivity index (χ1v) is 7.36. The quantitative estimate of drug-likeness (QED) is 0.832. The van der Waals surface area contributed by atoms with Crippen LogP contribution in [-0.2, 0) is 0 Å². The second kappa shape index (κ2) is 4.16. The first-order valence-electron chi connectivity index (χ1n) is 7.36. The Bertz CT molecular complexity index is 557. The standard InChI is InChI=1S/C16H18N2O2/c1-9-10-6-11(7-10)17-14(9)8-18-15(19)12-4-2-3-5-13(12)16(18)20/h2-5,9-11,14,17H,6-8H2,1H3. The molecule has 3 fully saturated rings. The van der Waals surface area contributed by atoms with E-state index in [0.717, 1.165) is 5.92 Å². The van der Waals surface area contributed by atoms with Crippen LogP contribution < -0.4 is 5.32 Å². The van der Waals surface area contributed by atoms with Crippen molar-refractivity contribution in [1.82, 2.24) is 10.2 Å². The third-order valence-corrected chi connectivity index (χ3v) is 5.26. The van der Waals surface area contributed by atoms with Gasteiger partial charge in [0.2, 0.25) is 0 Å². The summed E-state index contributed by atoms with van der Waals surface area (Å²) in [6.45, 7) is 2.73. The second-order valence-electron chi connectivity index (χ2n) is 6.33. The minimum atomic E-state index is -0.140. The number of rotatable bonds is 2. The Labute approximate surface area is 118 Å². The number of amides is 2. The van der Waals surface area contributed by atoms with Crippen molar-refractivity contribution in [3.8, 4) is 0 Å². The van der Waals surface area contributed by atoms with Crippen molar-refractivity contribution in [3.63, 3.8) is 0 Å². The molecule has 4 heteroatoms. The molecule has 2 amide bonds. The van der Waals surface area contributed by atoms with Crippen LogP contribution >= 0.6 is 0 Å². The lowest BCUT2D eigenvalue weighted by molar-refractivity contribution is 0.0330. The largest absolute Gasteiger partial charge is 0.309 e. The molecule has 0 radical (unpaired) electrons. The lowest BCUT2D eigenvalue weighted by atomic mass is 9.66. The van der Waals surface area contributed by atoms with E-state index in [-0.39, 0.29) is 17.9 Å². The summed E-state index contributed by atoms with van der Waals surface area (Å²) < 4.78 is 0. The Morgan fingerprint density at radius 3 is 2.30 bits per heavy atom. The van der Waals surface area contributed by atoms with E-state index >= 15 is 0 Å². The lowest BCUT2D eigenvalue weighted by Crippen LogP contribution is -2.62. The Balaban J connectivity index is 1.56. The summed E-state index contributed by atoms with van der Waals surface area (Å²) in [5, 5.41) is 3.58. The summed E-state index contributed by atoms with van der Waals surface area (Å²) >= 11 is 0. The highest BCUT2D eigenvalue weighted by atomic mass is 16.2. The fourth-order valence-corrected chi connectivity index (χ4v) is 3.83. The van der Waals surface area contributed by atoms with Gasteiger partial charge in [-0.15, -0.1) is 0 Å². The summed E-state index contributed by atoms with van der Waals surface area (Å²) in [6, 6.07) is 7.94. The van der Waals surface area contributed by atoms with Crippen LogP contribution in [0.4, 0.5) is 0 Å². The van der Waals surface area contributed by atoms with Gasteiger partial charge < -0.3 is 5.32 Å². The first kappa shape index (κ1) is 12.1. The van der Waals surface area contributed by atoms with E-state index < -0.39 is 0 Å². The molecule has 2 saturated heterocycles. The fraction of sp³-hybridized carbons (Fsp3) is 0.500. The molecule has 104 valence electrons. The minimum Gasteiger partial charge on any atom is -0.309 e. The van der Waals surface area contributed by atoms with E-state index in [1.165, 1.54) is 17.7 Å². The number of nitrogens with zero attached hydrogens (tertiary/aromatic N) is 1. The molecule has 2 atom stereocenters. The molecule has 1 aliphatic carbocycles. The molecule has 2 unspecified atom stereocenters. The van der Waals surface area contributed by atoms with Gasteiger partial charge in [0, 0.05) is 18.6 Å². The zero-order valence-corrected chi connectivity index (χ0v) is 11.5. The SMILES string of the molecule is CC1C2CC(C2)NC1CN1C(=O)c2ccccc2C1=O. The Morgan fingerprint density at radius 1 is 1.15 bits per heavy atom. The van der Waals surface area contributed by atoms with Crippen molar-refractivity contribution in [1.29, 1.82) is 0 Å². The predicted molar refractivity (Wildman–Crippen MR) is 74.4 cm³/mol. The highest BCUT2D eigenvalue weighted by Crippen LogP contribution is 2.41. The molecule has 3 aliphatic heterocycles. The van der Waals surface area contributed by atoms with Crippen LogP contribution in [0.3, 0.4) is 0 Å². The lowest BCUT2D eigenvalue weighted by Gasteiger charge is -2.51. The van der Waals surface area contributed by atoms with E-state index in [2.05, 4.69) is 12.2 Å². The van der Waals surface area contributed by atoms with E-state index in [9.17, 15) is 9.59 Å². The van der Waals surface area contributed by atoms with Gasteiger partial charge in [-0.2, -0.15) is 0 Å². The Morgan fingerprint density at radius 2 is 1.75 bits per heavy atom. The molecular formula is C16H18N2O2. The molecule has 2 bridgehead atoms. The van der Waals surface area contributed by atoms with Gasteiger partial charge in [0.1, 0.15) is 0 Å². The van der Waals surface area contributed by atoms with Gasteiger partial charge in [-0.1, -0.05) is 19.1 Å². The van der Waals surface area contributed by atoms with E-state index in [4.69, 9.17) is 0 Å². The van der Waals surface area contributed by atoms with Gasteiger partial charge in [0.05, 0.1) is 11.1 Å². The molecule has 1 N–H and O–H groups in total. The van der Waals surface area contributed by atoms with Gasteiger partial charge in [0.25, 0.3) is 11.8 Å². The maximum Gasteiger partial charge on any atom is 0.261 e. The van der Waals surface area contributed by atoms with Crippen LogP contribution in [0.15, 0.2) is 24.3 Å². The monoisotopic (exact) mass is 270 g/mol. The fourth-order valence-electron chi connectivity index (χ4n) is 3.83. The number of nitrogens with one attached hydrogen (secondary N) is 1. The average molecular weight is 270 g/mol. The van der Waals surface area contributed by atoms with E-state index in [1.54, 1.807) is 12.1 Å². The molecular weight excluding hydrogens is 252 g/mol. The van der Waals surface area contributed by atoms with Gasteiger partial charge in [-0.25, -0.2) is 0 Å². The van der Waals surface area contributed by atoms with Gasteiger partial charge >= 0.3 is 0 Å². The van der Waals surface area contributed by atoms with E-state index in [1.807, 2.05) is 12.1 Å². The third kappa shape index (κ3) is 1.57. The average Bonchev–Trinajstić information content (AvgIpc) is 2.65. The smallest absolute Gasteiger partial charge is 0.261 e. The molecule has 1 aromatic rings. The molecule has 5 rings (SSSR count). The van der Waals surface area contributed by atoms with Crippen molar-refractivity contribution in [2.75, 3.05) is 6.54 Å². The number of carbonyl (C=O) groups is 2. The summed E-state index contributed by atoms with van der Waals surface area (Å²) in [5.41, 5.74) is 1.09. The Kier molecular flexibility index (Phi) is 2.51. The third-order valence-electron chi connectivity index (χ3n) is 5.26. The van der Waals surface area contributed by atoms with Crippen molar-refractivity contribution in [2.24, 2.45) is 11.8 Å². The molecule has 3 heterocycles. The van der Waals surface area contributed by atoms with Crippen molar-refractivity contribution >= 4 is 11.8 Å². The van der Waals surface area contributed by atoms with Crippen LogP contribution in [0.25, 0.3) is 0 Å². The van der Waals surface area contributed by atoms with Crippen molar-refractivity contribution in [2.45, 2.75) is 31.8 Å². The maximum atomic E-state index is 12.4. The summed E-state index contributed by atoms with van der Waals surface area (Å²) in [5.74, 6) is 1.02. The topological polar surface area (TPSA) is 49.4 Å². The summed E-state index contributed by atoms with van der Waals surface area (Å²) in [7, 11) is 0. The zero-order chi connectivity index (χ0) is 13.9. The molecule has 4 nitrogen and oxygen atoms in total. The van der Waals surface area contributed by atoms with Crippen molar-refractivity contribution in [3.05, 3.63) is 35.4 Å². The minimum absolute atomic E-state index is 0.140. The van der Waals surface area contributed by atoms with Gasteiger partial charge in [0.15, 0.2) is 0 Å². The second-order valence-corrected chi connectivity index (χ2v) is 6.33. The number of hydrogen-bond donors (Lipinski definition) is 1. The highest BCUT2D eigenvalue weighted by molar-refractivity contribution is 6.21. The summed E-state index contributed by atoms with van der Waals surface area (Å²) in [6.07, 6.45) is 2.50. The van der Waals surface area contributed by atoms with Gasteiger partial charge in [-0.05, 0) is 36.8 Å². The van der Waals surface area contributed by atoms with E-state index in [0.29, 0.717) is 29.6 Å². The normalized spacial score (nSPS) is 35.0. The number of carbonyl (C=O) groups excluding carboxylic acids is 2. The first-order chi connectivity index (χ1) is 9.65. The maximum absolute atomic E-state index is 12.4. The molecule has 1 aromatic carbocycles. The van der Waals surface area contributed by atoms with Crippen LogP contribution in [-0.4, -0.2) is 35.3 Å². The zero-order valence-electron chi connectivity index (χ0n) is 11.5. The summed E-state index contributed by atoms with van der Waals surface area (Å²) in [4.78, 5) is 26.1. The van der Waals surface area contributed by atoms with Crippen LogP contribution in [0, 0.1) is 11.8 Å². The molecule has 0 spiro atoms. The van der Waals surface area contributed by atoms with Crippen LogP contribution in [0.1, 0.15) is 40.5 Å². The number of piperidine rings is 2. The number of fused-ring (bicyclic) bond motifs is 3. The predicted octanol–water partition coefficient (Wildman–Crippen LogP) is 1.67.